The van der Waals surface area contributed by atoms with E-state index in [4.69, 9.17) is 4.74 Å². The van der Waals surface area contributed by atoms with Gasteiger partial charge in [0.15, 0.2) is 0 Å². The first-order valence-corrected chi connectivity index (χ1v) is 9.32. The summed E-state index contributed by atoms with van der Waals surface area (Å²) in [5, 5.41) is 7.37. The van der Waals surface area contributed by atoms with Gasteiger partial charge in [-0.15, -0.1) is 0 Å². The van der Waals surface area contributed by atoms with Crippen LogP contribution in [0.3, 0.4) is 0 Å². The highest BCUT2D eigenvalue weighted by molar-refractivity contribution is 5.77. The van der Waals surface area contributed by atoms with Crippen LogP contribution in [0.25, 0.3) is 5.69 Å². The number of hydrogen-bond donors (Lipinski definition) is 1. The molecule has 0 fully saturated rings. The van der Waals surface area contributed by atoms with Crippen molar-refractivity contribution in [3.63, 3.8) is 0 Å². The predicted molar refractivity (Wildman–Crippen MR) is 110 cm³/mol. The Hall–Kier alpha value is -3.12. The molecule has 6 nitrogen and oxygen atoms in total. The first kappa shape index (κ1) is 19.6. The highest BCUT2D eigenvalue weighted by atomic mass is 16.5. The maximum Gasteiger partial charge on any atom is 0.234 e. The van der Waals surface area contributed by atoms with Crippen LogP contribution >= 0.6 is 0 Å². The molecule has 0 aliphatic heterocycles. The lowest BCUT2D eigenvalue weighted by molar-refractivity contribution is -0.122. The summed E-state index contributed by atoms with van der Waals surface area (Å²) in [6.45, 7) is 1.58. The minimum Gasteiger partial charge on any atom is -0.496 e. The van der Waals surface area contributed by atoms with Gasteiger partial charge in [0, 0.05) is 24.8 Å². The molecule has 1 heterocycles. The second-order valence-electron chi connectivity index (χ2n) is 6.71. The van der Waals surface area contributed by atoms with E-state index in [9.17, 15) is 4.79 Å². The van der Waals surface area contributed by atoms with Crippen LogP contribution in [0, 0.1) is 0 Å². The Morgan fingerprint density at radius 2 is 1.89 bits per heavy atom. The third-order valence-corrected chi connectivity index (χ3v) is 4.43. The number of carbonyl (C=O) groups excluding carboxylic acids is 1. The lowest BCUT2D eigenvalue weighted by Gasteiger charge is -2.15. The Bertz CT molecular complexity index is 892. The molecule has 1 N–H and O–H groups in total. The maximum atomic E-state index is 12.2. The minimum atomic E-state index is 0.00727. The van der Waals surface area contributed by atoms with Gasteiger partial charge in [0.05, 0.1) is 25.5 Å². The molecule has 1 aromatic heterocycles. The van der Waals surface area contributed by atoms with E-state index in [1.165, 1.54) is 0 Å². The summed E-state index contributed by atoms with van der Waals surface area (Å²) >= 11 is 0. The summed E-state index contributed by atoms with van der Waals surface area (Å²) in [5.74, 6) is 0.858. The number of nitrogens with zero attached hydrogens (tertiary/aromatic N) is 3. The average Bonchev–Trinajstić information content (AvgIpc) is 3.17. The Kier molecular flexibility index (Phi) is 6.81. The number of para-hydroxylation sites is 2. The molecule has 0 radical (unpaired) electrons. The normalized spacial score (nSPS) is 10.8. The SMILES string of the molecule is COc1ccccc1CCNC(=O)CN(C)Cc1cnn(-c2ccccc2)c1. The fourth-order valence-electron chi connectivity index (χ4n) is 3.08. The van der Waals surface area contributed by atoms with Crippen LogP contribution in [-0.2, 0) is 17.8 Å². The Morgan fingerprint density at radius 1 is 1.14 bits per heavy atom. The molecule has 0 bridgehead atoms. The molecule has 3 aromatic rings. The summed E-state index contributed by atoms with van der Waals surface area (Å²) < 4.78 is 7.18. The lowest BCUT2D eigenvalue weighted by Crippen LogP contribution is -2.35. The Morgan fingerprint density at radius 3 is 2.68 bits per heavy atom. The monoisotopic (exact) mass is 378 g/mol. The number of hydrogen-bond acceptors (Lipinski definition) is 4. The fourth-order valence-corrected chi connectivity index (χ4v) is 3.08. The number of nitrogens with one attached hydrogen (secondary N) is 1. The van der Waals surface area contributed by atoms with E-state index in [2.05, 4.69) is 10.4 Å². The largest absolute Gasteiger partial charge is 0.496 e. The van der Waals surface area contributed by atoms with Crippen LogP contribution in [0.15, 0.2) is 67.0 Å². The Labute approximate surface area is 165 Å². The van der Waals surface area contributed by atoms with Gasteiger partial charge in [0.1, 0.15) is 5.75 Å². The highest BCUT2D eigenvalue weighted by Gasteiger charge is 2.09. The van der Waals surface area contributed by atoms with Crippen molar-refractivity contribution in [3.8, 4) is 11.4 Å². The van der Waals surface area contributed by atoms with Crippen molar-refractivity contribution in [2.45, 2.75) is 13.0 Å². The van der Waals surface area contributed by atoms with Crippen molar-refractivity contribution in [2.24, 2.45) is 0 Å². The van der Waals surface area contributed by atoms with E-state index < -0.39 is 0 Å². The number of likely N-dealkylation sites (N-methyl/N-ethyl adjacent to an activating group) is 1. The summed E-state index contributed by atoms with van der Waals surface area (Å²) in [4.78, 5) is 14.2. The molecule has 0 aliphatic rings. The van der Waals surface area contributed by atoms with Crippen LogP contribution in [0.4, 0.5) is 0 Å². The van der Waals surface area contributed by atoms with Gasteiger partial charge in [-0.25, -0.2) is 4.68 Å². The van der Waals surface area contributed by atoms with Gasteiger partial charge in [0.2, 0.25) is 5.91 Å². The van der Waals surface area contributed by atoms with Crippen LogP contribution in [-0.4, -0.2) is 47.8 Å². The van der Waals surface area contributed by atoms with Crippen LogP contribution in [0.2, 0.25) is 0 Å². The smallest absolute Gasteiger partial charge is 0.234 e. The third-order valence-electron chi connectivity index (χ3n) is 4.43. The van der Waals surface area contributed by atoms with Crippen molar-refractivity contribution in [3.05, 3.63) is 78.1 Å². The predicted octanol–water partition coefficient (Wildman–Crippen LogP) is 2.67. The van der Waals surface area contributed by atoms with Gasteiger partial charge >= 0.3 is 0 Å². The van der Waals surface area contributed by atoms with Gasteiger partial charge in [-0.05, 0) is 37.2 Å². The molecular weight excluding hydrogens is 352 g/mol. The number of aromatic nitrogens is 2. The molecule has 3 rings (SSSR count). The number of carbonyl (C=O) groups is 1. The van der Waals surface area contributed by atoms with Gasteiger partial charge in [-0.1, -0.05) is 36.4 Å². The van der Waals surface area contributed by atoms with Gasteiger partial charge in [-0.3, -0.25) is 9.69 Å². The standard InChI is InChI=1S/C22H26N4O2/c1-25(15-18-14-24-26(16-18)20-9-4-3-5-10-20)17-22(27)23-13-12-19-8-6-7-11-21(19)28-2/h3-11,14,16H,12-13,15,17H2,1-2H3,(H,23,27). The molecule has 0 spiro atoms. The zero-order valence-corrected chi connectivity index (χ0v) is 16.3. The van der Waals surface area contributed by atoms with Crippen molar-refractivity contribution in [1.82, 2.24) is 20.0 Å². The molecule has 6 heteroatoms. The highest BCUT2D eigenvalue weighted by Crippen LogP contribution is 2.17. The molecule has 28 heavy (non-hydrogen) atoms. The Balaban J connectivity index is 1.44. The van der Waals surface area contributed by atoms with E-state index in [0.717, 1.165) is 29.0 Å². The zero-order chi connectivity index (χ0) is 19.8. The molecule has 1 amide bonds. The number of amides is 1. The molecule has 0 saturated heterocycles. The van der Waals surface area contributed by atoms with E-state index in [0.29, 0.717) is 19.6 Å². The van der Waals surface area contributed by atoms with Crippen molar-refractivity contribution in [2.75, 3.05) is 27.2 Å². The second-order valence-corrected chi connectivity index (χ2v) is 6.71. The van der Waals surface area contributed by atoms with Crippen LogP contribution in [0.1, 0.15) is 11.1 Å². The van der Waals surface area contributed by atoms with Gasteiger partial charge in [-0.2, -0.15) is 5.10 Å². The lowest BCUT2D eigenvalue weighted by atomic mass is 10.1. The van der Waals surface area contributed by atoms with Crippen LogP contribution in [0.5, 0.6) is 5.75 Å². The van der Waals surface area contributed by atoms with Crippen molar-refractivity contribution in [1.29, 1.82) is 0 Å². The first-order valence-electron chi connectivity index (χ1n) is 9.32. The van der Waals surface area contributed by atoms with Gasteiger partial charge in [0.25, 0.3) is 0 Å². The first-order chi connectivity index (χ1) is 13.7. The molecule has 0 atom stereocenters. The molecule has 0 aliphatic carbocycles. The third kappa shape index (κ3) is 5.44. The van der Waals surface area contributed by atoms with Crippen molar-refractivity contribution < 1.29 is 9.53 Å². The molecule has 0 saturated carbocycles. The average molecular weight is 378 g/mol. The zero-order valence-electron chi connectivity index (χ0n) is 16.3. The topological polar surface area (TPSA) is 59.4 Å². The molecule has 0 unspecified atom stereocenters. The van der Waals surface area contributed by atoms with Crippen molar-refractivity contribution >= 4 is 5.91 Å². The van der Waals surface area contributed by atoms with Gasteiger partial charge < -0.3 is 10.1 Å². The summed E-state index contributed by atoms with van der Waals surface area (Å²) in [5.41, 5.74) is 3.17. The van der Waals surface area contributed by atoms with Crippen LogP contribution < -0.4 is 10.1 Å². The quantitative estimate of drug-likeness (QED) is 0.622. The number of benzene rings is 2. The maximum absolute atomic E-state index is 12.2. The van der Waals surface area contributed by atoms with E-state index in [1.54, 1.807) is 7.11 Å². The second kappa shape index (κ2) is 9.71. The molecule has 2 aromatic carbocycles. The fraction of sp³-hybridized carbons (Fsp3) is 0.273. The van der Waals surface area contributed by atoms with E-state index in [1.807, 2.05) is 83.6 Å². The van der Waals surface area contributed by atoms with E-state index >= 15 is 0 Å². The van der Waals surface area contributed by atoms with E-state index in [-0.39, 0.29) is 5.91 Å². The summed E-state index contributed by atoms with van der Waals surface area (Å²) in [7, 11) is 3.59. The molecular formula is C22H26N4O2. The number of ether oxygens (including phenoxy) is 1. The minimum absolute atomic E-state index is 0.00727. The molecule has 146 valence electrons. The summed E-state index contributed by atoms with van der Waals surface area (Å²) in [6.07, 6.45) is 4.57. The number of methoxy groups -OCH3 is 1. The number of rotatable bonds is 9. The summed E-state index contributed by atoms with van der Waals surface area (Å²) in [6, 6.07) is 17.8.